The molecule has 0 saturated carbocycles. The lowest BCUT2D eigenvalue weighted by Crippen LogP contribution is -3.00. The third kappa shape index (κ3) is 8.24. The summed E-state index contributed by atoms with van der Waals surface area (Å²) in [7, 11) is 11.4. The number of hydrogen-bond donors (Lipinski definition) is 0. The van der Waals surface area contributed by atoms with Crippen molar-refractivity contribution in [3.8, 4) is 23.0 Å². The van der Waals surface area contributed by atoms with Crippen LogP contribution in [0.4, 0.5) is 0 Å². The average Bonchev–Trinajstić information content (AvgIpc) is 3.31. The van der Waals surface area contributed by atoms with E-state index in [9.17, 15) is 9.59 Å². The number of carbonyl (C=O) groups is 2. The number of rotatable bonds is 13. The van der Waals surface area contributed by atoms with Gasteiger partial charge in [-0.2, -0.15) is 0 Å². The van der Waals surface area contributed by atoms with Crippen LogP contribution in [0.5, 0.6) is 23.0 Å². The van der Waals surface area contributed by atoms with Gasteiger partial charge in [-0.1, -0.05) is 0 Å². The second-order valence-corrected chi connectivity index (χ2v) is 14.8. The van der Waals surface area contributed by atoms with Crippen molar-refractivity contribution in [1.82, 2.24) is 0 Å². The zero-order chi connectivity index (χ0) is 34.1. The normalized spacial score (nSPS) is 30.7. The Hall–Kier alpha value is -2.54. The fourth-order valence-electron chi connectivity index (χ4n) is 9.53. The van der Waals surface area contributed by atoms with E-state index in [0.29, 0.717) is 24.2 Å². The Morgan fingerprint density at radius 1 is 0.580 bits per heavy atom. The van der Waals surface area contributed by atoms with Crippen molar-refractivity contribution >= 4 is 11.9 Å². The van der Waals surface area contributed by atoms with Gasteiger partial charge in [-0.05, 0) is 36.4 Å². The zero-order valence-electron chi connectivity index (χ0n) is 30.3. The lowest BCUT2D eigenvalue weighted by atomic mass is 9.95. The maximum atomic E-state index is 12.9. The highest BCUT2D eigenvalue weighted by atomic mass is 79.9. The summed E-state index contributed by atoms with van der Waals surface area (Å²) in [5.74, 6) is 2.79. The molecular formula is C38H54Br2N2O8. The quantitative estimate of drug-likeness (QED) is 0.199. The van der Waals surface area contributed by atoms with Crippen molar-refractivity contribution in [3.63, 3.8) is 0 Å². The van der Waals surface area contributed by atoms with E-state index in [1.165, 1.54) is 0 Å². The van der Waals surface area contributed by atoms with E-state index in [2.05, 4.69) is 26.2 Å². The van der Waals surface area contributed by atoms with Gasteiger partial charge in [-0.3, -0.25) is 9.59 Å². The van der Waals surface area contributed by atoms with Crippen LogP contribution in [-0.4, -0.2) is 99.8 Å². The fraction of sp³-hybridized carbons (Fsp3) is 0.632. The van der Waals surface area contributed by atoms with Crippen LogP contribution in [-0.2, 0) is 32.2 Å². The van der Waals surface area contributed by atoms with Gasteiger partial charge in [0, 0.05) is 51.4 Å². The predicted molar refractivity (Wildman–Crippen MR) is 180 cm³/mol. The molecule has 0 aromatic heterocycles. The highest BCUT2D eigenvalue weighted by Crippen LogP contribution is 2.46. The Labute approximate surface area is 318 Å². The van der Waals surface area contributed by atoms with Gasteiger partial charge in [0.1, 0.15) is 48.3 Å². The first-order chi connectivity index (χ1) is 23.1. The van der Waals surface area contributed by atoms with Crippen molar-refractivity contribution < 1.29 is 80.9 Å². The zero-order valence-corrected chi connectivity index (χ0v) is 33.5. The molecule has 0 N–H and O–H groups in total. The van der Waals surface area contributed by atoms with Gasteiger partial charge >= 0.3 is 11.9 Å². The van der Waals surface area contributed by atoms with Crippen LogP contribution >= 0.6 is 0 Å². The largest absolute Gasteiger partial charge is 1.00 e. The molecule has 8 atom stereocenters. The first-order valence-electron chi connectivity index (χ1n) is 17.6. The highest BCUT2D eigenvalue weighted by Gasteiger charge is 2.54. The van der Waals surface area contributed by atoms with E-state index in [1.807, 2.05) is 24.3 Å². The number of methoxy groups -OCH3 is 4. The molecule has 10 nitrogen and oxygen atoms in total. The molecule has 4 aliphatic rings. The summed E-state index contributed by atoms with van der Waals surface area (Å²) in [5.41, 5.74) is 2.27. The van der Waals surface area contributed by atoms with Crippen LogP contribution < -0.4 is 52.9 Å². The van der Waals surface area contributed by atoms with Crippen LogP contribution in [0.2, 0.25) is 0 Å². The van der Waals surface area contributed by atoms with Crippen LogP contribution in [0.15, 0.2) is 36.4 Å². The van der Waals surface area contributed by atoms with Crippen LogP contribution in [0.25, 0.3) is 0 Å². The molecule has 0 radical (unpaired) electrons. The molecule has 12 heteroatoms. The standard InChI is InChI=1S/C38H54N2O8.2BrH/c1-39(23-25-17-31(43-3)11-13-35(25)45-5)27-7-8-28(39)20-33(19-27)47-37(41)15-16-38(42)48-34-21-29-9-10-30(22-34)40(29,2)24-26-18-32(44-4)12-14-36(26)46-6;;/h11-14,17-18,27-30,33-34H,7-10,15-16,19-24H2,1-6H3;2*1H/q+2;;/p-2/t27-,28+,29-,30+,33?,34?,39?,40?;;. The van der Waals surface area contributed by atoms with Gasteiger partial charge < -0.3 is 71.4 Å². The minimum absolute atomic E-state index is 0. The summed E-state index contributed by atoms with van der Waals surface area (Å²) in [6.45, 7) is 1.69. The van der Waals surface area contributed by atoms with Crippen molar-refractivity contribution in [2.24, 2.45) is 0 Å². The Bertz CT molecular complexity index is 1350. The molecule has 4 bridgehead atoms. The average molecular weight is 827 g/mol. The Balaban J connectivity index is 0.00000281. The first kappa shape index (κ1) is 40.2. The maximum Gasteiger partial charge on any atom is 0.306 e. The van der Waals surface area contributed by atoms with E-state index in [1.54, 1.807) is 28.4 Å². The smallest absolute Gasteiger partial charge is 0.306 e. The minimum atomic E-state index is -0.304. The molecule has 50 heavy (non-hydrogen) atoms. The topological polar surface area (TPSA) is 89.5 Å². The van der Waals surface area contributed by atoms with Crippen molar-refractivity contribution in [3.05, 3.63) is 47.5 Å². The SMILES string of the molecule is COc1ccc(OC)c(C[N+]2(C)[C@@H]3CC[C@H]2CC(OC(=O)CCC(=O)OC2C[C@H]4CC[C@@H](C2)[N+]4(C)Cc2cc(OC)ccc2OC)C3)c1.[Br-].[Br-]. The van der Waals surface area contributed by atoms with E-state index >= 15 is 0 Å². The molecule has 4 aliphatic heterocycles. The van der Waals surface area contributed by atoms with E-state index in [-0.39, 0.29) is 71.0 Å². The molecule has 4 heterocycles. The predicted octanol–water partition coefficient (Wildman–Crippen LogP) is -0.424. The lowest BCUT2D eigenvalue weighted by Gasteiger charge is -2.47. The van der Waals surface area contributed by atoms with E-state index in [0.717, 1.165) is 108 Å². The molecule has 4 unspecified atom stereocenters. The summed E-state index contributed by atoms with van der Waals surface area (Å²) in [5, 5.41) is 0. The number of hydrogen-bond acceptors (Lipinski definition) is 8. The van der Waals surface area contributed by atoms with E-state index < -0.39 is 0 Å². The summed E-state index contributed by atoms with van der Waals surface area (Å²) in [4.78, 5) is 25.9. The van der Waals surface area contributed by atoms with Crippen LogP contribution in [0.1, 0.15) is 75.3 Å². The molecule has 0 aliphatic carbocycles. The number of quaternary nitrogens is 2. The second-order valence-electron chi connectivity index (χ2n) is 14.8. The van der Waals surface area contributed by atoms with Gasteiger partial charge in [0.2, 0.25) is 0 Å². The molecule has 6 rings (SSSR count). The molecule has 4 fully saturated rings. The van der Waals surface area contributed by atoms with E-state index in [4.69, 9.17) is 28.4 Å². The molecule has 2 aromatic carbocycles. The molecular weight excluding hydrogens is 772 g/mol. The van der Waals surface area contributed by atoms with Crippen molar-refractivity contribution in [2.75, 3.05) is 42.5 Å². The maximum absolute atomic E-state index is 12.9. The molecule has 278 valence electrons. The molecule has 0 amide bonds. The minimum Gasteiger partial charge on any atom is -1.00 e. The number of carbonyl (C=O) groups excluding carboxylic acids is 2. The van der Waals surface area contributed by atoms with Gasteiger partial charge in [0.25, 0.3) is 0 Å². The third-order valence-corrected chi connectivity index (χ3v) is 12.3. The number of fused-ring (bicyclic) bond motifs is 4. The van der Waals surface area contributed by atoms with Gasteiger partial charge in [-0.15, -0.1) is 0 Å². The van der Waals surface area contributed by atoms with Crippen molar-refractivity contribution in [2.45, 2.75) is 114 Å². The first-order valence-corrected chi connectivity index (χ1v) is 17.6. The number of esters is 2. The fourth-order valence-corrected chi connectivity index (χ4v) is 9.53. The monoisotopic (exact) mass is 824 g/mol. The number of nitrogens with zero attached hydrogens (tertiary/aromatic N) is 2. The van der Waals surface area contributed by atoms with Gasteiger partial charge in [-0.25, -0.2) is 0 Å². The van der Waals surface area contributed by atoms with Crippen LogP contribution in [0.3, 0.4) is 0 Å². The number of piperidine rings is 2. The lowest BCUT2D eigenvalue weighted by molar-refractivity contribution is -0.961. The Morgan fingerprint density at radius 3 is 1.22 bits per heavy atom. The summed E-state index contributed by atoms with van der Waals surface area (Å²) in [6, 6.07) is 13.5. The Kier molecular flexibility index (Phi) is 13.6. The van der Waals surface area contributed by atoms with Crippen LogP contribution in [0, 0.1) is 0 Å². The van der Waals surface area contributed by atoms with Gasteiger partial charge in [0.15, 0.2) is 0 Å². The molecule has 4 saturated heterocycles. The molecule has 2 aromatic rings. The highest BCUT2D eigenvalue weighted by molar-refractivity contribution is 5.77. The number of ether oxygens (including phenoxy) is 6. The van der Waals surface area contributed by atoms with Crippen molar-refractivity contribution in [1.29, 1.82) is 0 Å². The second kappa shape index (κ2) is 16.9. The number of halogens is 2. The summed E-state index contributed by atoms with van der Waals surface area (Å²) >= 11 is 0. The molecule has 0 spiro atoms. The van der Waals surface area contributed by atoms with Gasteiger partial charge in [0.05, 0.1) is 90.7 Å². The summed E-state index contributed by atoms with van der Waals surface area (Å²) < 4.78 is 36.1. The third-order valence-electron chi connectivity index (χ3n) is 12.3. The number of benzene rings is 2. The summed E-state index contributed by atoms with van der Waals surface area (Å²) in [6.07, 6.45) is 7.67. The Morgan fingerprint density at radius 2 is 0.920 bits per heavy atom.